The van der Waals surface area contributed by atoms with Crippen molar-refractivity contribution in [1.29, 1.82) is 0 Å². The summed E-state index contributed by atoms with van der Waals surface area (Å²) in [6.45, 7) is 6.40. The van der Waals surface area contributed by atoms with Crippen molar-refractivity contribution in [1.82, 2.24) is 0 Å². The van der Waals surface area contributed by atoms with Crippen LogP contribution in [0.2, 0.25) is 0 Å². The van der Waals surface area contributed by atoms with Gasteiger partial charge in [0, 0.05) is 11.8 Å². The Kier molecular flexibility index (Phi) is 2.88. The summed E-state index contributed by atoms with van der Waals surface area (Å²) in [6, 6.07) is 8.31. The normalized spacial score (nSPS) is 17.5. The molecule has 1 saturated carbocycles. The van der Waals surface area contributed by atoms with Gasteiger partial charge in [-0.15, -0.1) is 0 Å². The van der Waals surface area contributed by atoms with E-state index in [2.05, 4.69) is 45.0 Å². The highest BCUT2D eigenvalue weighted by Crippen LogP contribution is 2.53. The lowest BCUT2D eigenvalue weighted by Crippen LogP contribution is -2.23. The quantitative estimate of drug-likeness (QED) is 0.752. The third-order valence-corrected chi connectivity index (χ3v) is 3.93. The van der Waals surface area contributed by atoms with Gasteiger partial charge >= 0.3 is 0 Å². The first-order valence-electron chi connectivity index (χ1n) is 6.13. The van der Waals surface area contributed by atoms with Crippen molar-refractivity contribution in [3.8, 4) is 0 Å². The molecule has 0 aromatic heterocycles. The van der Waals surface area contributed by atoms with Gasteiger partial charge in [-0.3, -0.25) is 4.79 Å². The second kappa shape index (κ2) is 4.04. The molecule has 86 valence electrons. The van der Waals surface area contributed by atoms with Crippen molar-refractivity contribution in [2.24, 2.45) is 11.3 Å². The molecule has 1 aliphatic carbocycles. The molecule has 0 amide bonds. The van der Waals surface area contributed by atoms with Crippen LogP contribution in [0.5, 0.6) is 0 Å². The first-order valence-corrected chi connectivity index (χ1v) is 6.13. The minimum atomic E-state index is 0.0187. The van der Waals surface area contributed by atoms with Crippen LogP contribution in [0.25, 0.3) is 0 Å². The molecule has 0 radical (unpaired) electrons. The second-order valence-electron chi connectivity index (χ2n) is 5.40. The lowest BCUT2D eigenvalue weighted by molar-refractivity contribution is -0.125. The van der Waals surface area contributed by atoms with Gasteiger partial charge in [-0.1, -0.05) is 43.7 Å². The highest BCUT2D eigenvalue weighted by Gasteiger charge is 2.51. The number of carbonyl (C=O) groups is 1. The van der Waals surface area contributed by atoms with Gasteiger partial charge in [-0.2, -0.15) is 0 Å². The molecule has 1 fully saturated rings. The van der Waals surface area contributed by atoms with Gasteiger partial charge in [0.05, 0.1) is 0 Å². The molecule has 2 rings (SSSR count). The van der Waals surface area contributed by atoms with Crippen molar-refractivity contribution in [2.75, 3.05) is 0 Å². The van der Waals surface area contributed by atoms with Crippen LogP contribution in [0.4, 0.5) is 0 Å². The number of aryl methyl sites for hydroxylation is 1. The second-order valence-corrected chi connectivity index (χ2v) is 5.40. The summed E-state index contributed by atoms with van der Waals surface area (Å²) in [5, 5.41) is 0. The van der Waals surface area contributed by atoms with E-state index in [9.17, 15) is 4.79 Å². The van der Waals surface area contributed by atoms with Gasteiger partial charge in [-0.05, 0) is 31.2 Å². The summed E-state index contributed by atoms with van der Waals surface area (Å²) in [6.07, 6.45) is 2.79. The maximum Gasteiger partial charge on any atom is 0.143 e. The predicted molar refractivity (Wildman–Crippen MR) is 66.4 cm³/mol. The molecular formula is C15H20O. The SMILES string of the molecule is Cc1ccc(CC(=O)C2(C(C)C)CC2)cc1. The third kappa shape index (κ3) is 2.04. The van der Waals surface area contributed by atoms with Crippen LogP contribution in [0.1, 0.15) is 37.8 Å². The van der Waals surface area contributed by atoms with Crippen molar-refractivity contribution in [2.45, 2.75) is 40.0 Å². The van der Waals surface area contributed by atoms with Crippen molar-refractivity contribution in [3.63, 3.8) is 0 Å². The highest BCUT2D eigenvalue weighted by atomic mass is 16.1. The molecule has 1 aromatic rings. The van der Waals surface area contributed by atoms with Crippen LogP contribution in [0.3, 0.4) is 0 Å². The van der Waals surface area contributed by atoms with Crippen LogP contribution in [-0.2, 0) is 11.2 Å². The zero-order chi connectivity index (χ0) is 11.8. The Balaban J connectivity index is 2.06. The zero-order valence-electron chi connectivity index (χ0n) is 10.4. The molecule has 0 heterocycles. The molecular weight excluding hydrogens is 196 g/mol. The average molecular weight is 216 g/mol. The van der Waals surface area contributed by atoms with E-state index in [1.165, 1.54) is 5.56 Å². The van der Waals surface area contributed by atoms with E-state index in [4.69, 9.17) is 0 Å². The van der Waals surface area contributed by atoms with E-state index >= 15 is 0 Å². The van der Waals surface area contributed by atoms with Crippen LogP contribution in [-0.4, -0.2) is 5.78 Å². The molecule has 16 heavy (non-hydrogen) atoms. The third-order valence-electron chi connectivity index (χ3n) is 3.93. The van der Waals surface area contributed by atoms with Gasteiger partial charge in [-0.25, -0.2) is 0 Å². The van der Waals surface area contributed by atoms with Crippen LogP contribution < -0.4 is 0 Å². The Hall–Kier alpha value is -1.11. The van der Waals surface area contributed by atoms with E-state index in [-0.39, 0.29) is 5.41 Å². The Bertz CT molecular complexity index is 382. The number of hydrogen-bond donors (Lipinski definition) is 0. The standard InChI is InChI=1S/C15H20O/c1-11(2)15(8-9-15)14(16)10-13-6-4-12(3)5-7-13/h4-7,11H,8-10H2,1-3H3. The molecule has 1 aromatic carbocycles. The number of hydrogen-bond acceptors (Lipinski definition) is 1. The number of rotatable bonds is 4. The summed E-state index contributed by atoms with van der Waals surface area (Å²) >= 11 is 0. The Morgan fingerprint density at radius 1 is 1.25 bits per heavy atom. The smallest absolute Gasteiger partial charge is 0.143 e. The molecule has 0 spiro atoms. The fraction of sp³-hybridized carbons (Fsp3) is 0.533. The molecule has 1 heteroatoms. The number of benzene rings is 1. The summed E-state index contributed by atoms with van der Waals surface area (Å²) in [5.41, 5.74) is 2.42. The molecule has 0 N–H and O–H groups in total. The van der Waals surface area contributed by atoms with Crippen molar-refractivity contribution < 1.29 is 4.79 Å². The minimum absolute atomic E-state index is 0.0187. The van der Waals surface area contributed by atoms with E-state index in [1.807, 2.05) is 0 Å². The summed E-state index contributed by atoms with van der Waals surface area (Å²) in [5.74, 6) is 0.928. The summed E-state index contributed by atoms with van der Waals surface area (Å²) in [7, 11) is 0. The molecule has 1 aliphatic rings. The maximum absolute atomic E-state index is 12.2. The maximum atomic E-state index is 12.2. The topological polar surface area (TPSA) is 17.1 Å². The number of Topliss-reactive ketones (excluding diaryl/α,β-unsaturated/α-hetero) is 1. The van der Waals surface area contributed by atoms with Gasteiger partial charge in [0.1, 0.15) is 5.78 Å². The first kappa shape index (κ1) is 11.4. The van der Waals surface area contributed by atoms with E-state index < -0.39 is 0 Å². The lowest BCUT2D eigenvalue weighted by atomic mass is 9.85. The van der Waals surface area contributed by atoms with Crippen LogP contribution in [0, 0.1) is 18.3 Å². The first-order chi connectivity index (χ1) is 7.54. The Morgan fingerprint density at radius 2 is 1.81 bits per heavy atom. The molecule has 0 aliphatic heterocycles. The monoisotopic (exact) mass is 216 g/mol. The zero-order valence-corrected chi connectivity index (χ0v) is 10.4. The van der Waals surface area contributed by atoms with Crippen LogP contribution in [0.15, 0.2) is 24.3 Å². The van der Waals surface area contributed by atoms with Gasteiger partial charge in [0.25, 0.3) is 0 Å². The highest BCUT2D eigenvalue weighted by molar-refractivity contribution is 5.89. The molecule has 0 atom stereocenters. The van der Waals surface area contributed by atoms with E-state index in [0.717, 1.165) is 18.4 Å². The minimum Gasteiger partial charge on any atom is -0.299 e. The molecule has 0 saturated heterocycles. The summed E-state index contributed by atoms with van der Waals surface area (Å²) in [4.78, 5) is 12.2. The number of carbonyl (C=O) groups excluding carboxylic acids is 1. The Morgan fingerprint density at radius 3 is 2.25 bits per heavy atom. The lowest BCUT2D eigenvalue weighted by Gasteiger charge is -2.18. The van der Waals surface area contributed by atoms with Gasteiger partial charge < -0.3 is 0 Å². The van der Waals surface area contributed by atoms with Crippen molar-refractivity contribution in [3.05, 3.63) is 35.4 Å². The van der Waals surface area contributed by atoms with Gasteiger partial charge in [0.2, 0.25) is 0 Å². The van der Waals surface area contributed by atoms with Crippen LogP contribution >= 0.6 is 0 Å². The fourth-order valence-corrected chi connectivity index (χ4v) is 2.38. The van der Waals surface area contributed by atoms with Crippen molar-refractivity contribution >= 4 is 5.78 Å². The fourth-order valence-electron chi connectivity index (χ4n) is 2.38. The molecule has 0 bridgehead atoms. The van der Waals surface area contributed by atoms with E-state index in [0.29, 0.717) is 18.1 Å². The Labute approximate surface area is 97.9 Å². The summed E-state index contributed by atoms with van der Waals surface area (Å²) < 4.78 is 0. The number of ketones is 1. The molecule has 0 unspecified atom stereocenters. The largest absolute Gasteiger partial charge is 0.299 e. The molecule has 1 nitrogen and oxygen atoms in total. The van der Waals surface area contributed by atoms with Gasteiger partial charge in [0.15, 0.2) is 0 Å². The van der Waals surface area contributed by atoms with E-state index in [1.54, 1.807) is 0 Å². The average Bonchev–Trinajstić information content (AvgIpc) is 3.02. The predicted octanol–water partition coefficient (Wildman–Crippen LogP) is 3.54.